The number of aryl methyl sites for hydroxylation is 1. The summed E-state index contributed by atoms with van der Waals surface area (Å²) >= 11 is 0. The first-order valence-electron chi connectivity index (χ1n) is 6.09. The number of aliphatic hydroxyl groups is 1. The lowest BCUT2D eigenvalue weighted by Gasteiger charge is -2.24. The molecule has 0 fully saturated rings. The summed E-state index contributed by atoms with van der Waals surface area (Å²) in [5.41, 5.74) is 2.18. The Labute approximate surface area is 108 Å². The van der Waals surface area contributed by atoms with E-state index in [1.54, 1.807) is 20.2 Å². The van der Waals surface area contributed by atoms with Crippen LogP contribution in [0.15, 0.2) is 12.3 Å². The van der Waals surface area contributed by atoms with E-state index >= 15 is 0 Å². The molecule has 1 aromatic rings. The molecule has 5 nitrogen and oxygen atoms in total. The fourth-order valence-electron chi connectivity index (χ4n) is 1.58. The van der Waals surface area contributed by atoms with Gasteiger partial charge in [-0.05, 0) is 26.8 Å². The van der Waals surface area contributed by atoms with Gasteiger partial charge in [-0.25, -0.2) is 0 Å². The van der Waals surface area contributed by atoms with Crippen LogP contribution in [0.2, 0.25) is 0 Å². The summed E-state index contributed by atoms with van der Waals surface area (Å²) in [5, 5.41) is 12.3. The average Bonchev–Trinajstić information content (AvgIpc) is 2.37. The molecule has 0 bridgehead atoms. The quantitative estimate of drug-likeness (QED) is 0.827. The normalized spacial score (nSPS) is 12.1. The first-order valence-corrected chi connectivity index (χ1v) is 6.09. The standard InChI is InChI=1S/C13H21N3O2/c1-5-14-12-6-9(2)15-7-11(12)13(18)16(4)10(3)8-17/h6-7,10,17H,5,8H2,1-4H3,(H,14,15). The molecule has 0 aliphatic carbocycles. The van der Waals surface area contributed by atoms with Crippen LogP contribution in [0.25, 0.3) is 0 Å². The Bertz CT molecular complexity index is 421. The van der Waals surface area contributed by atoms with Gasteiger partial charge in [-0.3, -0.25) is 9.78 Å². The molecule has 0 aromatic carbocycles. The van der Waals surface area contributed by atoms with Crippen molar-refractivity contribution in [3.05, 3.63) is 23.5 Å². The third-order valence-corrected chi connectivity index (χ3v) is 2.88. The van der Waals surface area contributed by atoms with E-state index in [4.69, 9.17) is 5.11 Å². The molecule has 0 aliphatic heterocycles. The van der Waals surface area contributed by atoms with Crippen molar-refractivity contribution in [2.24, 2.45) is 0 Å². The molecular weight excluding hydrogens is 230 g/mol. The van der Waals surface area contributed by atoms with Crippen molar-refractivity contribution < 1.29 is 9.90 Å². The monoisotopic (exact) mass is 251 g/mol. The van der Waals surface area contributed by atoms with Crippen LogP contribution in [0.5, 0.6) is 0 Å². The number of carbonyl (C=O) groups is 1. The van der Waals surface area contributed by atoms with Gasteiger partial charge in [0.15, 0.2) is 0 Å². The van der Waals surface area contributed by atoms with E-state index < -0.39 is 0 Å². The minimum atomic E-state index is -0.215. The molecule has 0 radical (unpaired) electrons. The highest BCUT2D eigenvalue weighted by atomic mass is 16.3. The molecule has 1 aromatic heterocycles. The Morgan fingerprint density at radius 1 is 1.61 bits per heavy atom. The van der Waals surface area contributed by atoms with Crippen molar-refractivity contribution in [1.82, 2.24) is 9.88 Å². The number of pyridine rings is 1. The molecule has 0 saturated carbocycles. The van der Waals surface area contributed by atoms with Gasteiger partial charge in [0.2, 0.25) is 0 Å². The summed E-state index contributed by atoms with van der Waals surface area (Å²) in [6.07, 6.45) is 1.58. The summed E-state index contributed by atoms with van der Waals surface area (Å²) in [4.78, 5) is 18.0. The van der Waals surface area contributed by atoms with E-state index in [1.165, 1.54) is 4.90 Å². The number of rotatable bonds is 5. The third-order valence-electron chi connectivity index (χ3n) is 2.88. The summed E-state index contributed by atoms with van der Waals surface area (Å²) in [5.74, 6) is -0.139. The molecular formula is C13H21N3O2. The van der Waals surface area contributed by atoms with Crippen molar-refractivity contribution in [3.8, 4) is 0 Å². The third kappa shape index (κ3) is 3.20. The van der Waals surface area contributed by atoms with Crippen molar-refractivity contribution >= 4 is 11.6 Å². The average molecular weight is 251 g/mol. The molecule has 0 saturated heterocycles. The minimum Gasteiger partial charge on any atom is -0.394 e. The Balaban J connectivity index is 3.04. The smallest absolute Gasteiger partial charge is 0.257 e. The maximum absolute atomic E-state index is 12.3. The largest absolute Gasteiger partial charge is 0.394 e. The second-order valence-electron chi connectivity index (χ2n) is 4.35. The first kappa shape index (κ1) is 14.4. The maximum Gasteiger partial charge on any atom is 0.257 e. The van der Waals surface area contributed by atoms with Crippen LogP contribution < -0.4 is 5.32 Å². The second-order valence-corrected chi connectivity index (χ2v) is 4.35. The van der Waals surface area contributed by atoms with E-state index in [1.807, 2.05) is 19.9 Å². The van der Waals surface area contributed by atoms with Crippen LogP contribution in [-0.2, 0) is 0 Å². The molecule has 1 heterocycles. The SMILES string of the molecule is CCNc1cc(C)ncc1C(=O)N(C)C(C)CO. The van der Waals surface area contributed by atoms with Gasteiger partial charge in [-0.2, -0.15) is 0 Å². The van der Waals surface area contributed by atoms with Gasteiger partial charge in [-0.1, -0.05) is 0 Å². The highest BCUT2D eigenvalue weighted by Gasteiger charge is 2.20. The van der Waals surface area contributed by atoms with E-state index in [-0.39, 0.29) is 18.6 Å². The number of carbonyl (C=O) groups excluding carboxylic acids is 1. The molecule has 0 aliphatic rings. The zero-order valence-electron chi connectivity index (χ0n) is 11.4. The van der Waals surface area contributed by atoms with Gasteiger partial charge in [0.05, 0.1) is 23.9 Å². The van der Waals surface area contributed by atoms with Crippen molar-refractivity contribution in [1.29, 1.82) is 0 Å². The number of nitrogens with one attached hydrogen (secondary N) is 1. The van der Waals surface area contributed by atoms with E-state index in [0.29, 0.717) is 5.56 Å². The molecule has 2 N–H and O–H groups in total. The van der Waals surface area contributed by atoms with Crippen LogP contribution in [0.1, 0.15) is 29.9 Å². The van der Waals surface area contributed by atoms with Crippen LogP contribution in [0, 0.1) is 6.92 Å². The van der Waals surface area contributed by atoms with E-state index in [2.05, 4.69) is 10.3 Å². The molecule has 0 spiro atoms. The second kappa shape index (κ2) is 6.35. The van der Waals surface area contributed by atoms with Crippen LogP contribution >= 0.6 is 0 Å². The number of hydrogen-bond donors (Lipinski definition) is 2. The van der Waals surface area contributed by atoms with E-state index in [9.17, 15) is 4.79 Å². The van der Waals surface area contributed by atoms with Crippen molar-refractivity contribution in [2.45, 2.75) is 26.8 Å². The predicted octanol–water partition coefficient (Wildman–Crippen LogP) is 1.27. The number of anilines is 1. The van der Waals surface area contributed by atoms with Crippen molar-refractivity contribution in [2.75, 3.05) is 25.5 Å². The van der Waals surface area contributed by atoms with Crippen molar-refractivity contribution in [3.63, 3.8) is 0 Å². The van der Waals surface area contributed by atoms with E-state index in [0.717, 1.165) is 17.9 Å². The summed E-state index contributed by atoms with van der Waals surface area (Å²) in [6, 6.07) is 1.64. The molecule has 1 atom stereocenters. The highest BCUT2D eigenvalue weighted by Crippen LogP contribution is 2.18. The number of nitrogens with zero attached hydrogens (tertiary/aromatic N) is 2. The van der Waals surface area contributed by atoms with Gasteiger partial charge in [0.1, 0.15) is 0 Å². The number of hydrogen-bond acceptors (Lipinski definition) is 4. The number of likely N-dealkylation sites (N-methyl/N-ethyl adjacent to an activating group) is 1. The summed E-state index contributed by atoms with van der Waals surface area (Å²) in [7, 11) is 1.68. The molecule has 1 rings (SSSR count). The summed E-state index contributed by atoms with van der Waals surface area (Å²) in [6.45, 7) is 6.34. The Morgan fingerprint density at radius 2 is 2.28 bits per heavy atom. The van der Waals surface area contributed by atoms with Gasteiger partial charge in [0, 0.05) is 25.5 Å². The van der Waals surface area contributed by atoms with Gasteiger partial charge >= 0.3 is 0 Å². The molecule has 18 heavy (non-hydrogen) atoms. The highest BCUT2D eigenvalue weighted by molar-refractivity contribution is 5.99. The molecule has 1 unspecified atom stereocenters. The lowest BCUT2D eigenvalue weighted by molar-refractivity contribution is 0.0682. The Hall–Kier alpha value is -1.62. The summed E-state index contributed by atoms with van der Waals surface area (Å²) < 4.78 is 0. The first-order chi connectivity index (χ1) is 8.51. The minimum absolute atomic E-state index is 0.0575. The fraction of sp³-hybridized carbons (Fsp3) is 0.538. The van der Waals surface area contributed by atoms with Crippen LogP contribution in [0.4, 0.5) is 5.69 Å². The zero-order valence-corrected chi connectivity index (χ0v) is 11.4. The van der Waals surface area contributed by atoms with Crippen LogP contribution in [-0.4, -0.2) is 47.1 Å². The van der Waals surface area contributed by atoms with Gasteiger partial charge in [-0.15, -0.1) is 0 Å². The zero-order chi connectivity index (χ0) is 13.7. The lowest BCUT2D eigenvalue weighted by Crippen LogP contribution is -2.37. The molecule has 5 heteroatoms. The maximum atomic E-state index is 12.3. The fourth-order valence-corrected chi connectivity index (χ4v) is 1.58. The lowest BCUT2D eigenvalue weighted by atomic mass is 10.1. The molecule has 100 valence electrons. The number of aliphatic hydroxyl groups excluding tert-OH is 1. The predicted molar refractivity (Wildman–Crippen MR) is 71.8 cm³/mol. The topological polar surface area (TPSA) is 65.5 Å². The Morgan fingerprint density at radius 3 is 2.83 bits per heavy atom. The van der Waals surface area contributed by atoms with Gasteiger partial charge < -0.3 is 15.3 Å². The molecule has 1 amide bonds. The number of amides is 1. The Kier molecular flexibility index (Phi) is 5.09. The van der Waals surface area contributed by atoms with Gasteiger partial charge in [0.25, 0.3) is 5.91 Å². The van der Waals surface area contributed by atoms with Crippen LogP contribution in [0.3, 0.4) is 0 Å². The number of aromatic nitrogens is 1.